The molecule has 0 aliphatic carbocycles. The molecule has 1 aromatic carbocycles. The predicted octanol–water partition coefficient (Wildman–Crippen LogP) is 3.32. The molecule has 2 aromatic heterocycles. The molecule has 7 heteroatoms. The second-order valence-electron chi connectivity index (χ2n) is 4.65. The first-order chi connectivity index (χ1) is 10.7. The van der Waals surface area contributed by atoms with Crippen LogP contribution in [0.1, 0.15) is 28.0 Å². The Bertz CT molecular complexity index is 795. The lowest BCUT2D eigenvalue weighted by molar-refractivity contribution is 0.102. The molecule has 2 heterocycles. The standard InChI is InChI=1S/C15H14N4O2S/c1-3-11-17-18-15(22-11)16-14(20)12-9(2)19-21-13(12)10-7-5-4-6-8-10/h4-8H,3H2,1-2H3,(H,16,18,20). The molecule has 3 rings (SSSR count). The summed E-state index contributed by atoms with van der Waals surface area (Å²) in [5, 5.41) is 16.0. The molecule has 1 N–H and O–H groups in total. The Hall–Kier alpha value is -2.54. The lowest BCUT2D eigenvalue weighted by Crippen LogP contribution is -2.13. The van der Waals surface area contributed by atoms with Gasteiger partial charge in [0.05, 0.1) is 5.69 Å². The lowest BCUT2D eigenvalue weighted by Gasteiger charge is -2.02. The summed E-state index contributed by atoms with van der Waals surface area (Å²) in [5.74, 6) is 0.159. The van der Waals surface area contributed by atoms with Crippen molar-refractivity contribution in [3.05, 3.63) is 46.6 Å². The van der Waals surface area contributed by atoms with Crippen LogP contribution in [0.3, 0.4) is 0 Å². The fourth-order valence-electron chi connectivity index (χ4n) is 2.03. The molecule has 0 unspecified atom stereocenters. The predicted molar refractivity (Wildman–Crippen MR) is 83.9 cm³/mol. The van der Waals surface area contributed by atoms with E-state index in [4.69, 9.17) is 4.52 Å². The van der Waals surface area contributed by atoms with Crippen molar-refractivity contribution < 1.29 is 9.32 Å². The van der Waals surface area contributed by atoms with E-state index >= 15 is 0 Å². The summed E-state index contributed by atoms with van der Waals surface area (Å²) in [4.78, 5) is 12.5. The number of benzene rings is 1. The molecule has 112 valence electrons. The molecule has 0 fully saturated rings. The van der Waals surface area contributed by atoms with Crippen LogP contribution in [0.4, 0.5) is 5.13 Å². The van der Waals surface area contributed by atoms with Crippen LogP contribution in [-0.2, 0) is 6.42 Å². The molecule has 0 spiro atoms. The van der Waals surface area contributed by atoms with Crippen LogP contribution in [-0.4, -0.2) is 21.3 Å². The van der Waals surface area contributed by atoms with Crippen LogP contribution in [0.5, 0.6) is 0 Å². The average molecular weight is 314 g/mol. The minimum Gasteiger partial charge on any atom is -0.355 e. The average Bonchev–Trinajstić information content (AvgIpc) is 3.14. The van der Waals surface area contributed by atoms with E-state index in [1.54, 1.807) is 6.92 Å². The van der Waals surface area contributed by atoms with Crippen LogP contribution in [0.25, 0.3) is 11.3 Å². The number of amides is 1. The molecule has 0 saturated heterocycles. The van der Waals surface area contributed by atoms with Gasteiger partial charge in [0.15, 0.2) is 5.76 Å². The van der Waals surface area contributed by atoms with Gasteiger partial charge in [0, 0.05) is 5.56 Å². The molecule has 0 saturated carbocycles. The smallest absolute Gasteiger partial charge is 0.263 e. The molecular weight excluding hydrogens is 300 g/mol. The molecule has 6 nitrogen and oxygen atoms in total. The first-order valence-electron chi connectivity index (χ1n) is 6.84. The number of aromatic nitrogens is 3. The minimum absolute atomic E-state index is 0.295. The summed E-state index contributed by atoms with van der Waals surface area (Å²) in [7, 11) is 0. The number of aryl methyl sites for hydroxylation is 2. The van der Waals surface area contributed by atoms with Crippen molar-refractivity contribution in [2.45, 2.75) is 20.3 Å². The van der Waals surface area contributed by atoms with Gasteiger partial charge in [0.2, 0.25) is 5.13 Å². The Kier molecular flexibility index (Phi) is 3.97. The Labute approximate surface area is 131 Å². The minimum atomic E-state index is -0.295. The number of hydrogen-bond donors (Lipinski definition) is 1. The molecular formula is C15H14N4O2S. The highest BCUT2D eigenvalue weighted by molar-refractivity contribution is 7.15. The zero-order valence-electron chi connectivity index (χ0n) is 12.2. The number of rotatable bonds is 4. The van der Waals surface area contributed by atoms with E-state index in [9.17, 15) is 4.79 Å². The fourth-order valence-corrected chi connectivity index (χ4v) is 2.70. The number of carbonyl (C=O) groups excluding carboxylic acids is 1. The van der Waals surface area contributed by atoms with Crippen molar-refractivity contribution in [1.82, 2.24) is 15.4 Å². The third-order valence-electron chi connectivity index (χ3n) is 3.12. The third-order valence-corrected chi connectivity index (χ3v) is 4.10. The number of nitrogens with zero attached hydrogens (tertiary/aromatic N) is 3. The topological polar surface area (TPSA) is 80.9 Å². The van der Waals surface area contributed by atoms with Gasteiger partial charge in [0.1, 0.15) is 10.6 Å². The van der Waals surface area contributed by atoms with Crippen molar-refractivity contribution in [3.8, 4) is 11.3 Å². The van der Waals surface area contributed by atoms with Gasteiger partial charge in [-0.05, 0) is 13.3 Å². The maximum absolute atomic E-state index is 12.5. The zero-order valence-corrected chi connectivity index (χ0v) is 13.0. The van der Waals surface area contributed by atoms with Crippen molar-refractivity contribution in [2.75, 3.05) is 5.32 Å². The number of anilines is 1. The largest absolute Gasteiger partial charge is 0.355 e. The number of nitrogens with one attached hydrogen (secondary N) is 1. The SMILES string of the molecule is CCc1nnc(NC(=O)c2c(C)noc2-c2ccccc2)s1. The summed E-state index contributed by atoms with van der Waals surface area (Å²) in [6, 6.07) is 9.41. The summed E-state index contributed by atoms with van der Waals surface area (Å²) in [6.45, 7) is 3.73. The van der Waals surface area contributed by atoms with Gasteiger partial charge >= 0.3 is 0 Å². The summed E-state index contributed by atoms with van der Waals surface area (Å²) >= 11 is 1.36. The van der Waals surface area contributed by atoms with E-state index in [0.29, 0.717) is 22.1 Å². The van der Waals surface area contributed by atoms with Gasteiger partial charge in [-0.2, -0.15) is 0 Å². The quantitative estimate of drug-likeness (QED) is 0.799. The molecule has 0 aliphatic rings. The van der Waals surface area contributed by atoms with Gasteiger partial charge in [-0.15, -0.1) is 10.2 Å². The molecule has 1 amide bonds. The van der Waals surface area contributed by atoms with E-state index in [0.717, 1.165) is 17.0 Å². The van der Waals surface area contributed by atoms with Gasteiger partial charge < -0.3 is 4.52 Å². The van der Waals surface area contributed by atoms with Gasteiger partial charge in [-0.25, -0.2) is 0 Å². The van der Waals surface area contributed by atoms with Crippen molar-refractivity contribution in [3.63, 3.8) is 0 Å². The Morgan fingerprint density at radius 1 is 1.27 bits per heavy atom. The van der Waals surface area contributed by atoms with Gasteiger partial charge in [-0.3, -0.25) is 10.1 Å². The van der Waals surface area contributed by atoms with E-state index in [-0.39, 0.29) is 5.91 Å². The summed E-state index contributed by atoms with van der Waals surface area (Å²) in [6.07, 6.45) is 0.787. The van der Waals surface area contributed by atoms with Gasteiger partial charge in [-0.1, -0.05) is 53.7 Å². The second kappa shape index (κ2) is 6.07. The van der Waals surface area contributed by atoms with E-state index in [1.165, 1.54) is 11.3 Å². The zero-order chi connectivity index (χ0) is 15.5. The molecule has 0 radical (unpaired) electrons. The first kappa shape index (κ1) is 14.4. The highest BCUT2D eigenvalue weighted by Gasteiger charge is 2.22. The van der Waals surface area contributed by atoms with Gasteiger partial charge in [0.25, 0.3) is 5.91 Å². The summed E-state index contributed by atoms with van der Waals surface area (Å²) < 4.78 is 5.32. The van der Waals surface area contributed by atoms with Crippen LogP contribution in [0, 0.1) is 6.92 Å². The monoisotopic (exact) mass is 314 g/mol. The van der Waals surface area contributed by atoms with E-state index < -0.39 is 0 Å². The number of carbonyl (C=O) groups is 1. The van der Waals surface area contributed by atoms with Crippen LogP contribution in [0.15, 0.2) is 34.9 Å². The van der Waals surface area contributed by atoms with E-state index in [2.05, 4.69) is 20.7 Å². The molecule has 0 aliphatic heterocycles. The second-order valence-corrected chi connectivity index (χ2v) is 5.71. The van der Waals surface area contributed by atoms with Crippen molar-refractivity contribution >= 4 is 22.4 Å². The van der Waals surface area contributed by atoms with Crippen molar-refractivity contribution in [1.29, 1.82) is 0 Å². The molecule has 3 aromatic rings. The molecule has 0 bridgehead atoms. The molecule has 0 atom stereocenters. The lowest BCUT2D eigenvalue weighted by atomic mass is 10.1. The Balaban J connectivity index is 1.91. The summed E-state index contributed by atoms with van der Waals surface area (Å²) in [5.41, 5.74) is 1.76. The Morgan fingerprint density at radius 3 is 2.73 bits per heavy atom. The molecule has 22 heavy (non-hydrogen) atoms. The maximum Gasteiger partial charge on any atom is 0.263 e. The maximum atomic E-state index is 12.5. The first-order valence-corrected chi connectivity index (χ1v) is 7.66. The third kappa shape index (κ3) is 2.75. The van der Waals surface area contributed by atoms with Crippen LogP contribution >= 0.6 is 11.3 Å². The normalized spacial score (nSPS) is 10.6. The number of hydrogen-bond acceptors (Lipinski definition) is 6. The highest BCUT2D eigenvalue weighted by atomic mass is 32.1. The van der Waals surface area contributed by atoms with E-state index in [1.807, 2.05) is 37.3 Å². The van der Waals surface area contributed by atoms with Crippen LogP contribution < -0.4 is 5.32 Å². The van der Waals surface area contributed by atoms with Crippen molar-refractivity contribution in [2.24, 2.45) is 0 Å². The highest BCUT2D eigenvalue weighted by Crippen LogP contribution is 2.27. The fraction of sp³-hybridized carbons (Fsp3) is 0.200. The Morgan fingerprint density at radius 2 is 2.05 bits per heavy atom. The van der Waals surface area contributed by atoms with Crippen LogP contribution in [0.2, 0.25) is 0 Å².